The molecule has 3 atom stereocenters. The highest BCUT2D eigenvalue weighted by molar-refractivity contribution is 7.18. The molecular weight excluding hydrogens is 342 g/mol. The molecule has 1 aliphatic carbocycles. The smallest absolute Gasteiger partial charge is 0.260 e. The summed E-state index contributed by atoms with van der Waals surface area (Å²) in [7, 11) is 2.16. The zero-order valence-electron chi connectivity index (χ0n) is 15.6. The van der Waals surface area contributed by atoms with Crippen molar-refractivity contribution in [1.82, 2.24) is 9.97 Å². The normalized spacial score (nSPS) is 19.3. The van der Waals surface area contributed by atoms with Crippen molar-refractivity contribution in [1.29, 1.82) is 0 Å². The fourth-order valence-electron chi connectivity index (χ4n) is 3.87. The quantitative estimate of drug-likeness (QED) is 0.744. The maximum absolute atomic E-state index is 12.8. The van der Waals surface area contributed by atoms with E-state index in [1.807, 2.05) is 6.07 Å². The Labute approximate surface area is 157 Å². The van der Waals surface area contributed by atoms with Gasteiger partial charge in [0, 0.05) is 10.4 Å². The number of thiophene rings is 1. The Morgan fingerprint density at radius 3 is 2.88 bits per heavy atom. The lowest BCUT2D eigenvalue weighted by Crippen LogP contribution is -3.07. The first-order valence-corrected chi connectivity index (χ1v) is 10.2. The van der Waals surface area contributed by atoms with E-state index in [9.17, 15) is 4.79 Å². The highest BCUT2D eigenvalue weighted by Gasteiger charge is 2.25. The van der Waals surface area contributed by atoms with E-state index in [2.05, 4.69) is 50.1 Å². The minimum atomic E-state index is 0.0383. The lowest BCUT2D eigenvalue weighted by atomic mass is 9.89. The van der Waals surface area contributed by atoms with Crippen LogP contribution in [-0.4, -0.2) is 17.0 Å². The first-order chi connectivity index (χ1) is 12.5. The summed E-state index contributed by atoms with van der Waals surface area (Å²) >= 11 is 1.72. The number of rotatable bonds is 4. The number of aromatic nitrogens is 2. The molecule has 26 heavy (non-hydrogen) atoms. The summed E-state index contributed by atoms with van der Waals surface area (Å²) in [4.78, 5) is 24.4. The van der Waals surface area contributed by atoms with Crippen molar-refractivity contribution in [2.45, 2.75) is 45.7 Å². The molecule has 3 aromatic rings. The first-order valence-electron chi connectivity index (χ1n) is 9.43. The molecule has 2 N–H and O–H groups in total. The van der Waals surface area contributed by atoms with Crippen molar-refractivity contribution < 1.29 is 4.90 Å². The maximum Gasteiger partial charge on any atom is 0.260 e. The van der Waals surface area contributed by atoms with Crippen LogP contribution in [0.3, 0.4) is 0 Å². The van der Waals surface area contributed by atoms with Gasteiger partial charge in [-0.25, -0.2) is 4.98 Å². The molecule has 0 saturated carbocycles. The molecule has 2 aromatic heterocycles. The fourth-order valence-corrected chi connectivity index (χ4v) is 5.27. The predicted octanol–water partition coefficient (Wildman–Crippen LogP) is 2.89. The fraction of sp³-hybridized carbons (Fsp3) is 0.429. The van der Waals surface area contributed by atoms with Crippen LogP contribution in [-0.2, 0) is 19.4 Å². The Balaban J connectivity index is 1.65. The first kappa shape index (κ1) is 17.4. The van der Waals surface area contributed by atoms with Crippen LogP contribution in [0.25, 0.3) is 10.2 Å². The van der Waals surface area contributed by atoms with Crippen LogP contribution in [0.2, 0.25) is 0 Å². The van der Waals surface area contributed by atoms with Crippen molar-refractivity contribution in [2.75, 3.05) is 7.05 Å². The minimum Gasteiger partial charge on any atom is -0.325 e. The van der Waals surface area contributed by atoms with Gasteiger partial charge in [0.15, 0.2) is 5.82 Å². The van der Waals surface area contributed by atoms with Gasteiger partial charge in [-0.3, -0.25) is 4.79 Å². The average Bonchev–Trinajstić information content (AvgIpc) is 2.99. The van der Waals surface area contributed by atoms with E-state index in [0.29, 0.717) is 5.92 Å². The molecule has 0 spiro atoms. The van der Waals surface area contributed by atoms with E-state index in [-0.39, 0.29) is 11.6 Å². The van der Waals surface area contributed by atoms with Crippen molar-refractivity contribution >= 4 is 21.6 Å². The number of H-pyrrole nitrogens is 1. The third kappa shape index (κ3) is 3.21. The topological polar surface area (TPSA) is 50.2 Å². The maximum atomic E-state index is 12.8. The van der Waals surface area contributed by atoms with Crippen LogP contribution < -0.4 is 10.5 Å². The van der Waals surface area contributed by atoms with Gasteiger partial charge < -0.3 is 9.88 Å². The summed E-state index contributed by atoms with van der Waals surface area (Å²) in [5, 5.41) is 0.841. The van der Waals surface area contributed by atoms with Gasteiger partial charge in [-0.05, 0) is 37.7 Å². The summed E-state index contributed by atoms with van der Waals surface area (Å²) < 4.78 is 0. The Kier molecular flexibility index (Phi) is 4.67. The number of nitrogens with one attached hydrogen (secondary N) is 2. The van der Waals surface area contributed by atoms with Crippen molar-refractivity contribution in [3.63, 3.8) is 0 Å². The van der Waals surface area contributed by atoms with E-state index in [0.717, 1.165) is 35.4 Å². The van der Waals surface area contributed by atoms with Crippen LogP contribution in [0.1, 0.15) is 48.1 Å². The van der Waals surface area contributed by atoms with Gasteiger partial charge in [-0.1, -0.05) is 37.3 Å². The molecule has 5 heteroatoms. The Morgan fingerprint density at radius 1 is 1.35 bits per heavy atom. The number of aromatic amines is 1. The van der Waals surface area contributed by atoms with Crippen LogP contribution in [0.5, 0.6) is 0 Å². The van der Waals surface area contributed by atoms with Crippen LogP contribution in [0.4, 0.5) is 0 Å². The lowest BCUT2D eigenvalue weighted by Gasteiger charge is -2.21. The zero-order valence-corrected chi connectivity index (χ0v) is 16.5. The Morgan fingerprint density at radius 2 is 2.12 bits per heavy atom. The molecule has 0 bridgehead atoms. The van der Waals surface area contributed by atoms with Gasteiger partial charge in [0.2, 0.25) is 0 Å². The molecule has 4 nitrogen and oxygen atoms in total. The van der Waals surface area contributed by atoms with Gasteiger partial charge >= 0.3 is 0 Å². The number of nitrogens with zero attached hydrogens (tertiary/aromatic N) is 1. The SMILES string of the molecule is C[C@@H]1CCc2c(sc3nc([C@@H](C)[NH+](C)Cc4ccccc4)[nH]c(=O)c23)C1. The van der Waals surface area contributed by atoms with E-state index in [4.69, 9.17) is 4.98 Å². The van der Waals surface area contributed by atoms with Crippen molar-refractivity contribution in [3.05, 3.63) is 62.5 Å². The predicted molar refractivity (Wildman–Crippen MR) is 107 cm³/mol. The molecule has 4 rings (SSSR count). The molecule has 0 amide bonds. The second kappa shape index (κ2) is 6.97. The second-order valence-electron chi connectivity index (χ2n) is 7.71. The molecule has 2 heterocycles. The summed E-state index contributed by atoms with van der Waals surface area (Å²) in [6.45, 7) is 5.33. The summed E-state index contributed by atoms with van der Waals surface area (Å²) in [5.41, 5.74) is 2.58. The standard InChI is InChI=1S/C21H25N3OS/c1-13-9-10-16-17(11-13)26-21-18(16)20(25)22-19(23-21)14(2)24(3)12-15-7-5-4-6-8-15/h4-8,13-14H,9-12H2,1-3H3,(H,22,23,25)/p+1/t13-,14-/m1/s1. The summed E-state index contributed by atoms with van der Waals surface area (Å²) in [6.07, 6.45) is 3.26. The number of aryl methyl sites for hydroxylation is 1. The van der Waals surface area contributed by atoms with E-state index >= 15 is 0 Å². The highest BCUT2D eigenvalue weighted by atomic mass is 32.1. The van der Waals surface area contributed by atoms with Gasteiger partial charge in [0.25, 0.3) is 5.56 Å². The van der Waals surface area contributed by atoms with Gasteiger partial charge in [0.05, 0.1) is 12.4 Å². The minimum absolute atomic E-state index is 0.0383. The Bertz CT molecular complexity index is 976. The zero-order chi connectivity index (χ0) is 18.3. The van der Waals surface area contributed by atoms with Gasteiger partial charge in [0.1, 0.15) is 17.4 Å². The molecule has 136 valence electrons. The molecule has 0 aliphatic heterocycles. The lowest BCUT2D eigenvalue weighted by molar-refractivity contribution is -0.924. The number of hydrogen-bond acceptors (Lipinski definition) is 3. The summed E-state index contributed by atoms with van der Waals surface area (Å²) in [6, 6.07) is 10.6. The third-order valence-corrected chi connectivity index (χ3v) is 6.81. The number of benzene rings is 1. The second-order valence-corrected chi connectivity index (χ2v) is 8.80. The third-order valence-electron chi connectivity index (χ3n) is 5.66. The number of fused-ring (bicyclic) bond motifs is 3. The van der Waals surface area contributed by atoms with E-state index in [1.54, 1.807) is 11.3 Å². The summed E-state index contributed by atoms with van der Waals surface area (Å²) in [5.74, 6) is 1.50. The average molecular weight is 369 g/mol. The highest BCUT2D eigenvalue weighted by Crippen LogP contribution is 2.35. The van der Waals surface area contributed by atoms with Crippen LogP contribution in [0, 0.1) is 5.92 Å². The number of hydrogen-bond donors (Lipinski definition) is 2. The Hall–Kier alpha value is -1.98. The van der Waals surface area contributed by atoms with Crippen LogP contribution in [0.15, 0.2) is 35.1 Å². The molecule has 1 aliphatic rings. The van der Waals surface area contributed by atoms with Crippen LogP contribution >= 0.6 is 11.3 Å². The van der Waals surface area contributed by atoms with E-state index < -0.39 is 0 Å². The number of quaternary nitrogens is 1. The molecule has 1 aromatic carbocycles. The molecule has 0 saturated heterocycles. The van der Waals surface area contributed by atoms with Crippen molar-refractivity contribution in [2.24, 2.45) is 5.92 Å². The largest absolute Gasteiger partial charge is 0.325 e. The monoisotopic (exact) mass is 368 g/mol. The van der Waals surface area contributed by atoms with E-state index in [1.165, 1.54) is 27.3 Å². The molecule has 0 radical (unpaired) electrons. The molecular formula is C21H26N3OS+. The molecule has 1 unspecified atom stereocenters. The van der Waals surface area contributed by atoms with Gasteiger partial charge in [-0.2, -0.15) is 0 Å². The molecule has 0 fully saturated rings. The van der Waals surface area contributed by atoms with Gasteiger partial charge in [-0.15, -0.1) is 11.3 Å². The van der Waals surface area contributed by atoms with Crippen molar-refractivity contribution in [3.8, 4) is 0 Å².